The van der Waals surface area contributed by atoms with Gasteiger partial charge in [-0.1, -0.05) is 30.3 Å². The van der Waals surface area contributed by atoms with Crippen LogP contribution in [0.5, 0.6) is 0 Å². The van der Waals surface area contributed by atoms with Crippen LogP contribution in [-0.4, -0.2) is 31.3 Å². The van der Waals surface area contributed by atoms with Crippen molar-refractivity contribution in [1.29, 1.82) is 0 Å². The number of anilines is 1. The van der Waals surface area contributed by atoms with Crippen LogP contribution in [0.15, 0.2) is 34.8 Å². The fraction of sp³-hybridized carbons (Fsp3) is 0.278. The molecule has 3 rings (SSSR count). The molecule has 0 saturated heterocycles. The molecule has 3 aromatic rings. The zero-order valence-electron chi connectivity index (χ0n) is 15.7. The van der Waals surface area contributed by atoms with Gasteiger partial charge in [0.25, 0.3) is 5.69 Å². The number of halogens is 1. The van der Waals surface area contributed by atoms with Crippen molar-refractivity contribution >= 4 is 52.0 Å². The van der Waals surface area contributed by atoms with E-state index < -0.39 is 4.92 Å². The van der Waals surface area contributed by atoms with Gasteiger partial charge < -0.3 is 9.88 Å². The quantitative estimate of drug-likeness (QED) is 0.297. The summed E-state index contributed by atoms with van der Waals surface area (Å²) in [6.07, 6.45) is 0.968. The second-order valence-corrected chi connectivity index (χ2v) is 8.31. The summed E-state index contributed by atoms with van der Waals surface area (Å²) in [7, 11) is 0. The van der Waals surface area contributed by atoms with E-state index in [1.807, 2.05) is 11.5 Å². The van der Waals surface area contributed by atoms with E-state index >= 15 is 0 Å². The topological polar surface area (TPSA) is 103 Å². The average molecular weight is 452 g/mol. The molecule has 0 aliphatic heterocycles. The van der Waals surface area contributed by atoms with Gasteiger partial charge in [0, 0.05) is 34.1 Å². The van der Waals surface area contributed by atoms with E-state index in [2.05, 4.69) is 33.9 Å². The van der Waals surface area contributed by atoms with E-state index in [4.69, 9.17) is 11.6 Å². The van der Waals surface area contributed by atoms with Gasteiger partial charge in [-0.3, -0.25) is 14.9 Å². The van der Waals surface area contributed by atoms with Crippen LogP contribution in [0.3, 0.4) is 0 Å². The van der Waals surface area contributed by atoms with Gasteiger partial charge in [-0.2, -0.15) is 0 Å². The summed E-state index contributed by atoms with van der Waals surface area (Å²) in [5.41, 5.74) is 1.08. The monoisotopic (exact) mass is 451 g/mol. The third-order valence-electron chi connectivity index (χ3n) is 4.05. The molecule has 0 radical (unpaired) electrons. The smallest absolute Gasteiger partial charge is 0.289 e. The van der Waals surface area contributed by atoms with Gasteiger partial charge in [0.15, 0.2) is 11.0 Å². The molecule has 2 aromatic heterocycles. The molecule has 1 aromatic carbocycles. The average Bonchev–Trinajstić information content (AvgIpc) is 3.33. The van der Waals surface area contributed by atoms with Gasteiger partial charge in [0.2, 0.25) is 5.91 Å². The fourth-order valence-electron chi connectivity index (χ4n) is 2.63. The van der Waals surface area contributed by atoms with E-state index in [1.54, 1.807) is 11.3 Å². The van der Waals surface area contributed by atoms with E-state index in [1.165, 1.54) is 34.8 Å². The minimum atomic E-state index is -0.591. The molecule has 152 valence electrons. The maximum atomic E-state index is 12.3. The summed E-state index contributed by atoms with van der Waals surface area (Å²) in [6.45, 7) is 4.78. The molecule has 11 heteroatoms. The van der Waals surface area contributed by atoms with E-state index in [9.17, 15) is 14.9 Å². The number of benzene rings is 1. The zero-order chi connectivity index (χ0) is 21.0. The Morgan fingerprint density at radius 1 is 1.34 bits per heavy atom. The van der Waals surface area contributed by atoms with Crippen molar-refractivity contribution in [2.45, 2.75) is 32.0 Å². The Bertz CT molecular complexity index is 1050. The molecule has 1 amide bonds. The number of nitrogens with zero attached hydrogens (tertiary/aromatic N) is 4. The molecule has 0 aliphatic rings. The first kappa shape index (κ1) is 21.3. The lowest BCUT2D eigenvalue weighted by molar-refractivity contribution is -0.384. The van der Waals surface area contributed by atoms with Crippen molar-refractivity contribution in [3.8, 4) is 11.4 Å². The largest absolute Gasteiger partial charge is 0.325 e. The Morgan fingerprint density at radius 3 is 2.79 bits per heavy atom. The minimum Gasteiger partial charge on any atom is -0.325 e. The number of hydrogen-bond donors (Lipinski definition) is 1. The molecule has 0 unspecified atom stereocenters. The van der Waals surface area contributed by atoms with Crippen molar-refractivity contribution in [2.24, 2.45) is 0 Å². The molecular formula is C18H18ClN5O3S2. The number of nitrogens with one attached hydrogen (secondary N) is 1. The SMILES string of the molecule is CCc1cc(-c2nnc(SCC(=O)Nc3ccc(Cl)c([N+](=O)[O-])c3)n2CC)cs1. The highest BCUT2D eigenvalue weighted by atomic mass is 35.5. The predicted molar refractivity (Wildman–Crippen MR) is 116 cm³/mol. The number of nitro groups is 1. The molecule has 29 heavy (non-hydrogen) atoms. The van der Waals surface area contributed by atoms with Crippen molar-refractivity contribution in [3.63, 3.8) is 0 Å². The van der Waals surface area contributed by atoms with Gasteiger partial charge in [-0.05, 0) is 31.5 Å². The van der Waals surface area contributed by atoms with Crippen LogP contribution in [0.25, 0.3) is 11.4 Å². The zero-order valence-corrected chi connectivity index (χ0v) is 18.1. The summed E-state index contributed by atoms with van der Waals surface area (Å²) in [5, 5.41) is 24.8. The third kappa shape index (κ3) is 4.95. The first-order chi connectivity index (χ1) is 13.9. The highest BCUT2D eigenvalue weighted by Gasteiger charge is 2.17. The van der Waals surface area contributed by atoms with Crippen molar-refractivity contribution in [1.82, 2.24) is 14.8 Å². The molecule has 0 aliphatic carbocycles. The molecule has 8 nitrogen and oxygen atoms in total. The summed E-state index contributed by atoms with van der Waals surface area (Å²) in [4.78, 5) is 23.9. The number of rotatable bonds is 8. The van der Waals surface area contributed by atoms with Crippen LogP contribution in [-0.2, 0) is 17.8 Å². The summed E-state index contributed by atoms with van der Waals surface area (Å²) in [5.74, 6) is 0.570. The number of aromatic nitrogens is 3. The number of nitro benzene ring substituents is 1. The Kier molecular flexibility index (Phi) is 6.88. The second kappa shape index (κ2) is 9.38. The fourth-order valence-corrected chi connectivity index (χ4v) is 4.44. The molecule has 1 N–H and O–H groups in total. The van der Waals surface area contributed by atoms with Crippen molar-refractivity contribution < 1.29 is 9.72 Å². The lowest BCUT2D eigenvalue weighted by Gasteiger charge is -2.07. The van der Waals surface area contributed by atoms with Crippen LogP contribution in [0.1, 0.15) is 18.7 Å². The number of aryl methyl sites for hydroxylation is 1. The molecular weight excluding hydrogens is 434 g/mol. The standard InChI is InChI=1S/C18H18ClN5O3S2/c1-3-13-7-11(9-28-13)17-21-22-18(23(17)4-2)29-10-16(25)20-12-5-6-14(19)15(8-12)24(26)27/h5-9H,3-4,10H2,1-2H3,(H,20,25). The predicted octanol–water partition coefficient (Wildman–Crippen LogP) is 4.88. The van der Waals surface area contributed by atoms with Gasteiger partial charge in [0.05, 0.1) is 10.7 Å². The lowest BCUT2D eigenvalue weighted by atomic mass is 10.2. The first-order valence-corrected chi connectivity index (χ1v) is 11.0. The maximum absolute atomic E-state index is 12.3. The molecule has 0 spiro atoms. The molecule has 0 fully saturated rings. The maximum Gasteiger partial charge on any atom is 0.289 e. The number of amides is 1. The molecule has 0 saturated carbocycles. The van der Waals surface area contributed by atoms with Gasteiger partial charge in [0.1, 0.15) is 5.02 Å². The summed E-state index contributed by atoms with van der Waals surface area (Å²) < 4.78 is 1.96. The Morgan fingerprint density at radius 2 is 2.14 bits per heavy atom. The number of thiophene rings is 1. The van der Waals surface area contributed by atoms with Crippen LogP contribution in [0, 0.1) is 10.1 Å². The first-order valence-electron chi connectivity index (χ1n) is 8.80. The number of carbonyl (C=O) groups is 1. The number of carbonyl (C=O) groups excluding carboxylic acids is 1. The van der Waals surface area contributed by atoms with Crippen LogP contribution < -0.4 is 5.32 Å². The van der Waals surface area contributed by atoms with Gasteiger partial charge in [-0.15, -0.1) is 21.5 Å². The molecule has 2 heterocycles. The molecule has 0 atom stereocenters. The number of hydrogen-bond acceptors (Lipinski definition) is 7. The van der Waals surface area contributed by atoms with Crippen LogP contribution in [0.2, 0.25) is 5.02 Å². The van der Waals surface area contributed by atoms with Crippen molar-refractivity contribution in [3.05, 3.63) is 49.7 Å². The molecule has 0 bridgehead atoms. The third-order valence-corrected chi connectivity index (χ3v) is 6.42. The Balaban J connectivity index is 1.68. The van der Waals surface area contributed by atoms with Crippen LogP contribution >= 0.6 is 34.7 Å². The van der Waals surface area contributed by atoms with E-state index in [-0.39, 0.29) is 22.4 Å². The van der Waals surface area contributed by atoms with Gasteiger partial charge in [-0.25, -0.2) is 0 Å². The Labute approximate surface area is 180 Å². The highest BCUT2D eigenvalue weighted by molar-refractivity contribution is 7.99. The van der Waals surface area contributed by atoms with Crippen LogP contribution in [0.4, 0.5) is 11.4 Å². The number of thioether (sulfide) groups is 1. The highest BCUT2D eigenvalue weighted by Crippen LogP contribution is 2.29. The lowest BCUT2D eigenvalue weighted by Crippen LogP contribution is -2.14. The normalized spacial score (nSPS) is 10.9. The summed E-state index contributed by atoms with van der Waals surface area (Å²) >= 11 is 8.74. The summed E-state index contributed by atoms with van der Waals surface area (Å²) in [6, 6.07) is 6.25. The van der Waals surface area contributed by atoms with Crippen molar-refractivity contribution in [2.75, 3.05) is 11.1 Å². The minimum absolute atomic E-state index is 0.0191. The van der Waals surface area contributed by atoms with E-state index in [0.717, 1.165) is 17.8 Å². The second-order valence-electron chi connectivity index (χ2n) is 5.97. The van der Waals surface area contributed by atoms with E-state index in [0.29, 0.717) is 17.4 Å². The Hall–Kier alpha value is -2.43. The van der Waals surface area contributed by atoms with Gasteiger partial charge >= 0.3 is 0 Å².